The standard InChI is InChI=1S/C20H26N2OS/c1-4-18(16-7-5-14(2)6-8-16)21-20(23)13-22-11-9-19-17(15(22)3)10-12-24-19/h5-8,10,12,15,18H,4,9,11,13H2,1-3H3,(H,21,23)/t15-,18+/m0/s1. The van der Waals surface area contributed by atoms with Crippen LogP contribution in [0.3, 0.4) is 0 Å². The molecule has 2 heterocycles. The lowest BCUT2D eigenvalue weighted by Crippen LogP contribution is -2.42. The molecule has 0 bridgehead atoms. The van der Waals surface area contributed by atoms with Crippen molar-refractivity contribution in [1.82, 2.24) is 10.2 Å². The van der Waals surface area contributed by atoms with Crippen molar-refractivity contribution in [3.8, 4) is 0 Å². The summed E-state index contributed by atoms with van der Waals surface area (Å²) in [6, 6.07) is 11.1. The molecule has 2 atom stereocenters. The van der Waals surface area contributed by atoms with Crippen LogP contribution in [0.5, 0.6) is 0 Å². The van der Waals surface area contributed by atoms with Gasteiger partial charge in [-0.3, -0.25) is 9.69 Å². The lowest BCUT2D eigenvalue weighted by Gasteiger charge is -2.33. The van der Waals surface area contributed by atoms with Crippen molar-refractivity contribution in [3.63, 3.8) is 0 Å². The van der Waals surface area contributed by atoms with Crippen LogP contribution in [0.2, 0.25) is 0 Å². The third-order valence-corrected chi connectivity index (χ3v) is 5.97. The Kier molecular flexibility index (Phi) is 5.36. The van der Waals surface area contributed by atoms with Crippen molar-refractivity contribution in [2.45, 2.75) is 45.7 Å². The van der Waals surface area contributed by atoms with E-state index in [0.717, 1.165) is 19.4 Å². The number of amides is 1. The molecule has 1 aliphatic heterocycles. The molecular weight excluding hydrogens is 316 g/mol. The second-order valence-electron chi connectivity index (χ2n) is 6.63. The van der Waals surface area contributed by atoms with E-state index < -0.39 is 0 Å². The van der Waals surface area contributed by atoms with E-state index in [9.17, 15) is 4.79 Å². The highest BCUT2D eigenvalue weighted by atomic mass is 32.1. The highest BCUT2D eigenvalue weighted by Crippen LogP contribution is 2.32. The molecule has 0 radical (unpaired) electrons. The molecule has 0 unspecified atom stereocenters. The van der Waals surface area contributed by atoms with Gasteiger partial charge in [0, 0.05) is 17.5 Å². The van der Waals surface area contributed by atoms with Crippen LogP contribution in [-0.4, -0.2) is 23.9 Å². The Bertz CT molecular complexity index is 692. The van der Waals surface area contributed by atoms with Gasteiger partial charge in [-0.1, -0.05) is 36.8 Å². The number of nitrogens with zero attached hydrogens (tertiary/aromatic N) is 1. The van der Waals surface area contributed by atoms with Gasteiger partial charge in [0.1, 0.15) is 0 Å². The number of carbonyl (C=O) groups excluding carboxylic acids is 1. The smallest absolute Gasteiger partial charge is 0.234 e. The lowest BCUT2D eigenvalue weighted by molar-refractivity contribution is -0.123. The summed E-state index contributed by atoms with van der Waals surface area (Å²) in [5.41, 5.74) is 3.82. The molecule has 1 N–H and O–H groups in total. The van der Waals surface area contributed by atoms with Gasteiger partial charge in [0.25, 0.3) is 0 Å². The Morgan fingerprint density at radius 1 is 1.33 bits per heavy atom. The van der Waals surface area contributed by atoms with Gasteiger partial charge in [0.05, 0.1) is 12.6 Å². The number of rotatable bonds is 5. The number of benzene rings is 1. The third kappa shape index (κ3) is 3.70. The molecule has 0 saturated heterocycles. The second kappa shape index (κ2) is 7.49. The van der Waals surface area contributed by atoms with E-state index in [1.54, 1.807) is 0 Å². The minimum atomic E-state index is 0.0925. The maximum atomic E-state index is 12.6. The van der Waals surface area contributed by atoms with Crippen LogP contribution in [0.1, 0.15) is 53.9 Å². The molecule has 0 spiro atoms. The van der Waals surface area contributed by atoms with Gasteiger partial charge < -0.3 is 5.32 Å². The fraction of sp³-hybridized carbons (Fsp3) is 0.450. The van der Waals surface area contributed by atoms with Crippen LogP contribution in [0.4, 0.5) is 0 Å². The summed E-state index contributed by atoms with van der Waals surface area (Å²) in [4.78, 5) is 16.3. The summed E-state index contributed by atoms with van der Waals surface area (Å²) in [6.07, 6.45) is 1.96. The Hall–Kier alpha value is -1.65. The average molecular weight is 343 g/mol. The van der Waals surface area contributed by atoms with E-state index in [2.05, 4.69) is 66.7 Å². The Labute approximate surface area is 148 Å². The molecule has 4 heteroatoms. The van der Waals surface area contributed by atoms with Crippen LogP contribution in [0.15, 0.2) is 35.7 Å². The minimum absolute atomic E-state index is 0.0925. The predicted molar refractivity (Wildman–Crippen MR) is 100 cm³/mol. The topological polar surface area (TPSA) is 32.3 Å². The van der Waals surface area contributed by atoms with Crippen LogP contribution in [0.25, 0.3) is 0 Å². The summed E-state index contributed by atoms with van der Waals surface area (Å²) < 4.78 is 0. The first kappa shape index (κ1) is 17.2. The van der Waals surface area contributed by atoms with E-state index in [1.165, 1.54) is 21.6 Å². The Balaban J connectivity index is 1.61. The van der Waals surface area contributed by atoms with Crippen LogP contribution >= 0.6 is 11.3 Å². The zero-order valence-electron chi connectivity index (χ0n) is 14.7. The molecule has 1 amide bonds. The molecule has 24 heavy (non-hydrogen) atoms. The van der Waals surface area contributed by atoms with Gasteiger partial charge in [-0.25, -0.2) is 0 Å². The maximum absolute atomic E-state index is 12.6. The van der Waals surface area contributed by atoms with Crippen molar-refractivity contribution >= 4 is 17.2 Å². The van der Waals surface area contributed by atoms with Crippen LogP contribution in [0, 0.1) is 6.92 Å². The zero-order chi connectivity index (χ0) is 17.1. The highest BCUT2D eigenvalue weighted by Gasteiger charge is 2.26. The van der Waals surface area contributed by atoms with Crippen LogP contribution < -0.4 is 5.32 Å². The monoisotopic (exact) mass is 342 g/mol. The Morgan fingerprint density at radius 3 is 2.79 bits per heavy atom. The molecule has 0 saturated carbocycles. The number of thiophene rings is 1. The summed E-state index contributed by atoms with van der Waals surface area (Å²) >= 11 is 1.84. The SMILES string of the molecule is CC[C@@H](NC(=O)CN1CCc2sccc2[C@@H]1C)c1ccc(C)cc1. The van der Waals surface area contributed by atoms with E-state index in [4.69, 9.17) is 0 Å². The molecule has 1 aromatic carbocycles. The van der Waals surface area contributed by atoms with E-state index in [1.807, 2.05) is 11.3 Å². The van der Waals surface area contributed by atoms with Gasteiger partial charge in [-0.15, -0.1) is 11.3 Å². The van der Waals surface area contributed by atoms with Gasteiger partial charge >= 0.3 is 0 Å². The molecule has 128 valence electrons. The first-order valence-corrected chi connectivity index (χ1v) is 9.62. The molecule has 2 aromatic rings. The molecule has 0 fully saturated rings. The van der Waals surface area contributed by atoms with Gasteiger partial charge in [0.15, 0.2) is 0 Å². The molecule has 1 aromatic heterocycles. The third-order valence-electron chi connectivity index (χ3n) is 4.97. The summed E-state index contributed by atoms with van der Waals surface area (Å²) in [6.45, 7) is 7.84. The quantitative estimate of drug-likeness (QED) is 0.881. The largest absolute Gasteiger partial charge is 0.348 e. The molecule has 3 nitrogen and oxygen atoms in total. The molecular formula is C20H26N2OS. The normalized spacial score (nSPS) is 18.9. The van der Waals surface area contributed by atoms with Crippen molar-refractivity contribution < 1.29 is 4.79 Å². The number of nitrogens with one attached hydrogen (secondary N) is 1. The van der Waals surface area contributed by atoms with Crippen LogP contribution in [-0.2, 0) is 11.2 Å². The van der Waals surface area contributed by atoms with Crippen molar-refractivity contribution in [2.75, 3.05) is 13.1 Å². The first-order valence-electron chi connectivity index (χ1n) is 8.74. The first-order chi connectivity index (χ1) is 11.6. The van der Waals surface area contributed by atoms with Crippen molar-refractivity contribution in [3.05, 3.63) is 57.3 Å². The molecule has 1 aliphatic rings. The predicted octanol–water partition coefficient (Wildman–Crippen LogP) is 4.24. The fourth-order valence-corrected chi connectivity index (χ4v) is 4.38. The maximum Gasteiger partial charge on any atom is 0.234 e. The minimum Gasteiger partial charge on any atom is -0.348 e. The van der Waals surface area contributed by atoms with E-state index in [-0.39, 0.29) is 11.9 Å². The number of aryl methyl sites for hydroxylation is 1. The zero-order valence-corrected chi connectivity index (χ0v) is 15.5. The lowest BCUT2D eigenvalue weighted by atomic mass is 10.0. The highest BCUT2D eigenvalue weighted by molar-refractivity contribution is 7.10. The number of hydrogen-bond acceptors (Lipinski definition) is 3. The van der Waals surface area contributed by atoms with Crippen molar-refractivity contribution in [2.24, 2.45) is 0 Å². The van der Waals surface area contributed by atoms with Gasteiger partial charge in [0.2, 0.25) is 5.91 Å². The number of fused-ring (bicyclic) bond motifs is 1. The van der Waals surface area contributed by atoms with Gasteiger partial charge in [-0.2, -0.15) is 0 Å². The molecule has 0 aliphatic carbocycles. The molecule has 3 rings (SSSR count). The summed E-state index contributed by atoms with van der Waals surface area (Å²) in [5, 5.41) is 5.37. The number of carbonyl (C=O) groups is 1. The fourth-order valence-electron chi connectivity index (χ4n) is 3.42. The van der Waals surface area contributed by atoms with Crippen molar-refractivity contribution in [1.29, 1.82) is 0 Å². The Morgan fingerprint density at radius 2 is 2.08 bits per heavy atom. The van der Waals surface area contributed by atoms with E-state index in [0.29, 0.717) is 12.6 Å². The average Bonchev–Trinajstić information content (AvgIpc) is 3.06. The summed E-state index contributed by atoms with van der Waals surface area (Å²) in [7, 11) is 0. The number of hydrogen-bond donors (Lipinski definition) is 1. The second-order valence-corrected chi connectivity index (χ2v) is 7.64. The van der Waals surface area contributed by atoms with Gasteiger partial charge in [-0.05, 0) is 49.3 Å². The van der Waals surface area contributed by atoms with E-state index >= 15 is 0 Å². The summed E-state index contributed by atoms with van der Waals surface area (Å²) in [5.74, 6) is 0.118.